The normalized spacial score (nSPS) is 46.7. The zero-order valence-electron chi connectivity index (χ0n) is 18.7. The number of rotatable bonds is 2. The Bertz CT molecular complexity index is 515. The Labute approximate surface area is 164 Å². The van der Waals surface area contributed by atoms with E-state index < -0.39 is 8.07 Å². The lowest BCUT2D eigenvalue weighted by molar-refractivity contribution is 0.0588. The van der Waals surface area contributed by atoms with E-state index in [9.17, 15) is 0 Å². The van der Waals surface area contributed by atoms with Crippen molar-refractivity contribution in [1.82, 2.24) is 4.90 Å². The molecule has 4 fully saturated rings. The highest BCUT2D eigenvalue weighted by Crippen LogP contribution is 2.61. The summed E-state index contributed by atoms with van der Waals surface area (Å²) in [4.78, 5) is 3.14. The molecule has 0 amide bonds. The van der Waals surface area contributed by atoms with Crippen LogP contribution in [0.1, 0.15) is 72.6 Å². The molecule has 0 radical (unpaired) electrons. The van der Waals surface area contributed by atoms with Crippen LogP contribution in [0, 0.1) is 40.9 Å². The predicted octanol–water partition coefficient (Wildman–Crippen LogP) is 6.45. The molecule has 0 aromatic rings. The molecule has 0 aromatic carbocycles. The van der Waals surface area contributed by atoms with Crippen LogP contribution >= 0.6 is 0 Å². The molecule has 0 spiro atoms. The number of fused-ring (bicyclic) bond motifs is 5. The summed E-state index contributed by atoms with van der Waals surface area (Å²) in [5.41, 5.74) is 0.503. The van der Waals surface area contributed by atoms with E-state index in [0.29, 0.717) is 5.41 Å². The Balaban J connectivity index is 1.66. The highest BCUT2D eigenvalue weighted by Gasteiger charge is 2.61. The summed E-state index contributed by atoms with van der Waals surface area (Å²) in [7, 11) is -1.06. The topological polar surface area (TPSA) is 3.24 Å². The molecule has 1 nitrogen and oxygen atoms in total. The maximum Gasteiger partial charge on any atom is 0.0599 e. The van der Waals surface area contributed by atoms with Gasteiger partial charge in [-0.05, 0) is 79.2 Å². The zero-order valence-corrected chi connectivity index (χ0v) is 19.7. The van der Waals surface area contributed by atoms with E-state index in [-0.39, 0.29) is 0 Å². The molecule has 3 saturated carbocycles. The van der Waals surface area contributed by atoms with Gasteiger partial charge in [0.25, 0.3) is 0 Å². The first kappa shape index (κ1) is 19.5. The quantitative estimate of drug-likeness (QED) is 0.501. The highest BCUT2D eigenvalue weighted by molar-refractivity contribution is 6.76. The van der Waals surface area contributed by atoms with Crippen LogP contribution in [0.25, 0.3) is 0 Å². The van der Waals surface area contributed by atoms with Gasteiger partial charge in [-0.1, -0.05) is 60.2 Å². The summed E-state index contributed by atoms with van der Waals surface area (Å²) in [5, 5.41) is 0. The maximum atomic E-state index is 3.14. The summed E-state index contributed by atoms with van der Waals surface area (Å²) in [6, 6.07) is 1.86. The number of nitrogens with zero attached hydrogens (tertiary/aromatic N) is 1. The fourth-order valence-corrected chi connectivity index (χ4v) is 9.60. The minimum absolute atomic E-state index is 0.503. The van der Waals surface area contributed by atoms with Crippen molar-refractivity contribution in [2.75, 3.05) is 6.17 Å². The Morgan fingerprint density at radius 2 is 1.54 bits per heavy atom. The number of likely N-dealkylation sites (tertiary alicyclic amines) is 1. The summed E-state index contributed by atoms with van der Waals surface area (Å²) in [5.74, 6) is 6.10. The summed E-state index contributed by atoms with van der Waals surface area (Å²) in [6.07, 6.45) is 12.1. The molecule has 1 heterocycles. The first-order valence-corrected chi connectivity index (χ1v) is 15.5. The van der Waals surface area contributed by atoms with Gasteiger partial charge < -0.3 is 0 Å². The molecular formula is C24H45NSi. The van der Waals surface area contributed by atoms with Crippen LogP contribution in [-0.4, -0.2) is 31.2 Å². The van der Waals surface area contributed by atoms with Crippen LogP contribution < -0.4 is 0 Å². The molecule has 2 heteroatoms. The van der Waals surface area contributed by atoms with E-state index in [2.05, 4.69) is 52.2 Å². The van der Waals surface area contributed by atoms with E-state index in [1.807, 2.05) is 0 Å². The lowest BCUT2D eigenvalue weighted by Gasteiger charge is -2.45. The summed E-state index contributed by atoms with van der Waals surface area (Å²) >= 11 is 0. The predicted molar refractivity (Wildman–Crippen MR) is 116 cm³/mol. The van der Waals surface area contributed by atoms with Gasteiger partial charge in [-0.15, -0.1) is 0 Å². The number of hydrogen-bond donors (Lipinski definition) is 0. The van der Waals surface area contributed by atoms with Crippen LogP contribution in [-0.2, 0) is 0 Å². The van der Waals surface area contributed by atoms with E-state index in [1.165, 1.54) is 38.3 Å². The van der Waals surface area contributed by atoms with Crippen LogP contribution in [0.15, 0.2) is 0 Å². The molecule has 3 aliphatic carbocycles. The van der Waals surface area contributed by atoms with Crippen molar-refractivity contribution in [3.8, 4) is 0 Å². The Morgan fingerprint density at radius 3 is 2.15 bits per heavy atom. The second-order valence-corrected chi connectivity index (χ2v) is 18.3. The van der Waals surface area contributed by atoms with Gasteiger partial charge in [-0.2, -0.15) is 0 Å². The minimum Gasteiger partial charge on any atom is -0.299 e. The van der Waals surface area contributed by atoms with Crippen molar-refractivity contribution in [3.05, 3.63) is 0 Å². The molecule has 8 unspecified atom stereocenters. The third kappa shape index (κ3) is 3.25. The molecule has 0 bridgehead atoms. The average Bonchev–Trinajstić information content (AvgIpc) is 3.00. The minimum atomic E-state index is -1.06. The van der Waals surface area contributed by atoms with Crippen molar-refractivity contribution in [3.63, 3.8) is 0 Å². The lowest BCUT2D eigenvalue weighted by Crippen LogP contribution is -2.50. The van der Waals surface area contributed by atoms with E-state index >= 15 is 0 Å². The van der Waals surface area contributed by atoms with Crippen molar-refractivity contribution in [1.29, 1.82) is 0 Å². The van der Waals surface area contributed by atoms with Crippen molar-refractivity contribution < 1.29 is 0 Å². The Morgan fingerprint density at radius 1 is 0.885 bits per heavy atom. The van der Waals surface area contributed by atoms with E-state index in [1.54, 1.807) is 12.8 Å². The second-order valence-electron chi connectivity index (χ2n) is 12.9. The summed E-state index contributed by atoms with van der Waals surface area (Å²) < 4.78 is 0. The van der Waals surface area contributed by atoms with Gasteiger partial charge in [-0.3, -0.25) is 4.90 Å². The maximum absolute atomic E-state index is 3.14. The average molecular weight is 376 g/mol. The van der Waals surface area contributed by atoms with Crippen molar-refractivity contribution in [2.45, 2.75) is 104 Å². The largest absolute Gasteiger partial charge is 0.299 e. The van der Waals surface area contributed by atoms with E-state index in [4.69, 9.17) is 0 Å². The summed E-state index contributed by atoms with van der Waals surface area (Å²) in [6.45, 7) is 18.0. The van der Waals surface area contributed by atoms with Crippen LogP contribution in [0.4, 0.5) is 0 Å². The monoisotopic (exact) mass is 375 g/mol. The molecular weight excluding hydrogens is 330 g/mol. The molecule has 1 saturated heterocycles. The molecule has 1 aliphatic heterocycles. The molecule has 150 valence electrons. The van der Waals surface area contributed by atoms with Gasteiger partial charge in [0.1, 0.15) is 0 Å². The van der Waals surface area contributed by atoms with E-state index in [0.717, 1.165) is 47.6 Å². The number of hydrogen-bond acceptors (Lipinski definition) is 1. The Kier molecular flexibility index (Phi) is 4.96. The SMILES string of the molecule is CC1C2CCCCC2C2C3CC(C(C)(C)C)CCC3N(C[Si](C)(C)C)C12. The fourth-order valence-electron chi connectivity index (χ4n) is 8.06. The third-order valence-electron chi connectivity index (χ3n) is 9.02. The third-order valence-corrected chi connectivity index (χ3v) is 10.3. The van der Waals surface area contributed by atoms with Crippen molar-refractivity contribution >= 4 is 8.07 Å². The van der Waals surface area contributed by atoms with Gasteiger partial charge in [0.05, 0.1) is 8.07 Å². The van der Waals surface area contributed by atoms with Crippen LogP contribution in [0.3, 0.4) is 0 Å². The van der Waals surface area contributed by atoms with Crippen LogP contribution in [0.2, 0.25) is 19.6 Å². The van der Waals surface area contributed by atoms with Crippen molar-refractivity contribution in [2.24, 2.45) is 40.9 Å². The fraction of sp³-hybridized carbons (Fsp3) is 1.00. The highest BCUT2D eigenvalue weighted by atomic mass is 28.3. The van der Waals surface area contributed by atoms with Gasteiger partial charge >= 0.3 is 0 Å². The standard InChI is InChI=1S/C24H45NSi/c1-16-18-10-8-9-11-19(18)22-20-14-17(24(2,3)4)12-13-21(20)25(23(16)22)15-26(5,6)7/h16-23H,8-15H2,1-7H3. The zero-order chi connectivity index (χ0) is 18.9. The molecule has 4 aliphatic rings. The first-order valence-electron chi connectivity index (χ1n) is 11.8. The van der Waals surface area contributed by atoms with Gasteiger partial charge in [-0.25, -0.2) is 0 Å². The Hall–Kier alpha value is 0.177. The molecule has 26 heavy (non-hydrogen) atoms. The molecule has 8 atom stereocenters. The molecule has 4 rings (SSSR count). The van der Waals surface area contributed by atoms with Gasteiger partial charge in [0.2, 0.25) is 0 Å². The van der Waals surface area contributed by atoms with Crippen LogP contribution in [0.5, 0.6) is 0 Å². The first-order chi connectivity index (χ1) is 12.1. The lowest BCUT2D eigenvalue weighted by atomic mass is 9.63. The van der Waals surface area contributed by atoms with Gasteiger partial charge in [0.15, 0.2) is 0 Å². The second kappa shape index (κ2) is 6.61. The molecule has 0 N–H and O–H groups in total. The molecule has 0 aromatic heterocycles. The van der Waals surface area contributed by atoms with Gasteiger partial charge in [0, 0.05) is 12.1 Å². The smallest absolute Gasteiger partial charge is 0.0599 e.